The lowest BCUT2D eigenvalue weighted by Gasteiger charge is -2.32. The predicted octanol–water partition coefficient (Wildman–Crippen LogP) is 0.369. The maximum atomic E-state index is 10.9. The number of carbonyl (C=O) groups is 1. The van der Waals surface area contributed by atoms with Crippen LogP contribution in [-0.4, -0.2) is 37.1 Å². The predicted molar refractivity (Wildman–Crippen MR) is 67.0 cm³/mol. The first-order valence-electron chi connectivity index (χ1n) is 5.88. The molecule has 1 aromatic heterocycles. The van der Waals surface area contributed by atoms with E-state index >= 15 is 0 Å². The summed E-state index contributed by atoms with van der Waals surface area (Å²) >= 11 is 0. The lowest BCUT2D eigenvalue weighted by molar-refractivity contribution is 0.1000. The van der Waals surface area contributed by atoms with Gasteiger partial charge in [0.15, 0.2) is 0 Å². The van der Waals surface area contributed by atoms with Gasteiger partial charge in [-0.1, -0.05) is 0 Å². The zero-order valence-electron chi connectivity index (χ0n) is 10.0. The monoisotopic (exact) mass is 234 g/mol. The van der Waals surface area contributed by atoms with E-state index in [0.29, 0.717) is 11.6 Å². The van der Waals surface area contributed by atoms with Crippen LogP contribution in [0.15, 0.2) is 18.3 Å². The third kappa shape index (κ3) is 2.74. The summed E-state index contributed by atoms with van der Waals surface area (Å²) in [6.07, 6.45) is 3.89. The van der Waals surface area contributed by atoms with Crippen LogP contribution >= 0.6 is 0 Å². The highest BCUT2D eigenvalue weighted by Crippen LogP contribution is 2.16. The largest absolute Gasteiger partial charge is 0.366 e. The third-order valence-electron chi connectivity index (χ3n) is 3.21. The molecule has 2 rings (SSSR count). The summed E-state index contributed by atoms with van der Waals surface area (Å²) in [5.41, 5.74) is 5.63. The quantitative estimate of drug-likeness (QED) is 0.792. The zero-order chi connectivity index (χ0) is 12.3. The van der Waals surface area contributed by atoms with Crippen molar-refractivity contribution in [2.45, 2.75) is 18.9 Å². The molecule has 1 amide bonds. The van der Waals surface area contributed by atoms with Gasteiger partial charge in [-0.25, -0.2) is 4.98 Å². The van der Waals surface area contributed by atoms with Crippen molar-refractivity contribution < 1.29 is 4.79 Å². The third-order valence-corrected chi connectivity index (χ3v) is 3.21. The fraction of sp³-hybridized carbons (Fsp3) is 0.500. The van der Waals surface area contributed by atoms with Crippen molar-refractivity contribution in [3.8, 4) is 0 Å². The van der Waals surface area contributed by atoms with E-state index in [9.17, 15) is 4.79 Å². The van der Waals surface area contributed by atoms with Crippen molar-refractivity contribution in [3.63, 3.8) is 0 Å². The Labute approximate surface area is 101 Å². The minimum absolute atomic E-state index is 0.439. The Bertz CT molecular complexity index is 384. The average molecular weight is 234 g/mol. The second kappa shape index (κ2) is 5.14. The molecule has 2 heterocycles. The number of aromatic nitrogens is 1. The van der Waals surface area contributed by atoms with Crippen molar-refractivity contribution in [1.82, 2.24) is 10.3 Å². The highest BCUT2D eigenvalue weighted by Gasteiger charge is 2.18. The highest BCUT2D eigenvalue weighted by molar-refractivity contribution is 5.92. The molecule has 5 heteroatoms. The molecular weight excluding hydrogens is 216 g/mol. The van der Waals surface area contributed by atoms with E-state index in [1.165, 1.54) is 19.0 Å². The van der Waals surface area contributed by atoms with E-state index in [0.717, 1.165) is 18.9 Å². The van der Waals surface area contributed by atoms with Gasteiger partial charge in [-0.2, -0.15) is 0 Å². The number of nitrogens with zero attached hydrogens (tertiary/aromatic N) is 2. The highest BCUT2D eigenvalue weighted by atomic mass is 16.1. The van der Waals surface area contributed by atoms with E-state index in [1.807, 2.05) is 13.1 Å². The van der Waals surface area contributed by atoms with Crippen LogP contribution in [0, 0.1) is 0 Å². The van der Waals surface area contributed by atoms with Gasteiger partial charge in [0.2, 0.25) is 5.91 Å². The van der Waals surface area contributed by atoms with Gasteiger partial charge in [0.1, 0.15) is 5.82 Å². The summed E-state index contributed by atoms with van der Waals surface area (Å²) in [6, 6.07) is 4.03. The van der Waals surface area contributed by atoms with Crippen LogP contribution < -0.4 is 16.0 Å². The SMILES string of the molecule is CN(c1ccc(C(N)=O)cn1)C1CCCNC1. The Morgan fingerprint density at radius 3 is 2.94 bits per heavy atom. The maximum Gasteiger partial charge on any atom is 0.250 e. The molecule has 1 saturated heterocycles. The first-order valence-corrected chi connectivity index (χ1v) is 5.88. The fourth-order valence-electron chi connectivity index (χ4n) is 2.09. The number of hydrogen-bond donors (Lipinski definition) is 2. The number of likely N-dealkylation sites (N-methyl/N-ethyl adjacent to an activating group) is 1. The average Bonchev–Trinajstić information content (AvgIpc) is 2.39. The molecule has 0 saturated carbocycles. The normalized spacial score (nSPS) is 19.9. The Balaban J connectivity index is 2.07. The number of hydrogen-bond acceptors (Lipinski definition) is 4. The summed E-state index contributed by atoms with van der Waals surface area (Å²) in [5, 5.41) is 3.37. The van der Waals surface area contributed by atoms with Crippen LogP contribution in [0.5, 0.6) is 0 Å². The molecule has 1 unspecified atom stereocenters. The molecule has 1 aromatic rings. The van der Waals surface area contributed by atoms with Gasteiger partial charge in [0, 0.05) is 25.8 Å². The standard InChI is InChI=1S/C12H18N4O/c1-16(10-3-2-6-14-8-10)11-5-4-9(7-15-11)12(13)17/h4-5,7,10,14H,2-3,6,8H2,1H3,(H2,13,17). The number of rotatable bonds is 3. The molecule has 0 radical (unpaired) electrons. The molecule has 1 aliphatic heterocycles. The molecular formula is C12H18N4O. The Kier molecular flexibility index (Phi) is 3.58. The van der Waals surface area contributed by atoms with Crippen LogP contribution in [0.3, 0.4) is 0 Å². The van der Waals surface area contributed by atoms with Gasteiger partial charge in [-0.05, 0) is 31.5 Å². The van der Waals surface area contributed by atoms with Crippen LogP contribution in [0.1, 0.15) is 23.2 Å². The second-order valence-corrected chi connectivity index (χ2v) is 4.38. The first-order chi connectivity index (χ1) is 8.18. The molecule has 0 aliphatic carbocycles. The van der Waals surface area contributed by atoms with Crippen molar-refractivity contribution in [3.05, 3.63) is 23.9 Å². The van der Waals surface area contributed by atoms with Gasteiger partial charge >= 0.3 is 0 Å². The zero-order valence-corrected chi connectivity index (χ0v) is 10.0. The topological polar surface area (TPSA) is 71.2 Å². The first kappa shape index (κ1) is 11.9. The van der Waals surface area contributed by atoms with Crippen LogP contribution in [0.4, 0.5) is 5.82 Å². The summed E-state index contributed by atoms with van der Waals surface area (Å²) in [6.45, 7) is 2.08. The lowest BCUT2D eigenvalue weighted by atomic mass is 10.1. The number of pyridine rings is 1. The van der Waals surface area contributed by atoms with E-state index < -0.39 is 5.91 Å². The number of anilines is 1. The van der Waals surface area contributed by atoms with E-state index in [-0.39, 0.29) is 0 Å². The minimum atomic E-state index is -0.439. The van der Waals surface area contributed by atoms with Crippen LogP contribution in [0.2, 0.25) is 0 Å². The van der Waals surface area contributed by atoms with Gasteiger partial charge < -0.3 is 16.0 Å². The molecule has 0 bridgehead atoms. The minimum Gasteiger partial charge on any atom is -0.366 e. The fourth-order valence-corrected chi connectivity index (χ4v) is 2.09. The molecule has 1 fully saturated rings. The Morgan fingerprint density at radius 1 is 1.59 bits per heavy atom. The van der Waals surface area contributed by atoms with E-state index in [4.69, 9.17) is 5.73 Å². The van der Waals surface area contributed by atoms with Gasteiger partial charge in [-0.3, -0.25) is 4.79 Å². The molecule has 3 N–H and O–H groups in total. The molecule has 1 aliphatic rings. The number of nitrogens with one attached hydrogen (secondary N) is 1. The molecule has 1 atom stereocenters. The van der Waals surface area contributed by atoms with Gasteiger partial charge in [-0.15, -0.1) is 0 Å². The van der Waals surface area contributed by atoms with E-state index in [2.05, 4.69) is 15.2 Å². The smallest absolute Gasteiger partial charge is 0.250 e. The molecule has 5 nitrogen and oxygen atoms in total. The number of amides is 1. The number of primary amides is 1. The van der Waals surface area contributed by atoms with Gasteiger partial charge in [0.25, 0.3) is 0 Å². The molecule has 0 spiro atoms. The summed E-state index contributed by atoms with van der Waals surface area (Å²) < 4.78 is 0. The lowest BCUT2D eigenvalue weighted by Crippen LogP contribution is -2.44. The van der Waals surface area contributed by atoms with Crippen LogP contribution in [0.25, 0.3) is 0 Å². The molecule has 0 aromatic carbocycles. The number of piperidine rings is 1. The van der Waals surface area contributed by atoms with E-state index in [1.54, 1.807) is 6.07 Å². The van der Waals surface area contributed by atoms with Gasteiger partial charge in [0.05, 0.1) is 5.56 Å². The molecule has 17 heavy (non-hydrogen) atoms. The van der Waals surface area contributed by atoms with Crippen molar-refractivity contribution in [2.75, 3.05) is 25.0 Å². The summed E-state index contributed by atoms with van der Waals surface area (Å²) in [5.74, 6) is 0.440. The van der Waals surface area contributed by atoms with Crippen molar-refractivity contribution in [1.29, 1.82) is 0 Å². The number of carbonyl (C=O) groups excluding carboxylic acids is 1. The van der Waals surface area contributed by atoms with Crippen LogP contribution in [-0.2, 0) is 0 Å². The Hall–Kier alpha value is -1.62. The number of nitrogens with two attached hydrogens (primary N) is 1. The van der Waals surface area contributed by atoms with Crippen molar-refractivity contribution >= 4 is 11.7 Å². The second-order valence-electron chi connectivity index (χ2n) is 4.38. The van der Waals surface area contributed by atoms with Crippen molar-refractivity contribution in [2.24, 2.45) is 5.73 Å². The Morgan fingerprint density at radius 2 is 2.41 bits per heavy atom. The molecule has 92 valence electrons. The summed E-state index contributed by atoms with van der Waals surface area (Å²) in [7, 11) is 2.03. The summed E-state index contributed by atoms with van der Waals surface area (Å²) in [4.78, 5) is 17.4. The maximum absolute atomic E-state index is 10.9.